The van der Waals surface area contributed by atoms with E-state index in [-0.39, 0.29) is 14.6 Å². The SMILES string of the molecule is CC(=O)OCC1(C)CC1(Br)Br. The van der Waals surface area contributed by atoms with Crippen molar-refractivity contribution >= 4 is 37.8 Å². The molecule has 1 aliphatic carbocycles. The Morgan fingerprint density at radius 2 is 2.09 bits per heavy atom. The maximum absolute atomic E-state index is 10.5. The zero-order chi connectivity index (χ0) is 8.70. The Labute approximate surface area is 82.9 Å². The average Bonchev–Trinajstić information content (AvgIpc) is 2.29. The number of alkyl halides is 2. The van der Waals surface area contributed by atoms with Gasteiger partial charge in [-0.1, -0.05) is 38.8 Å². The quantitative estimate of drug-likeness (QED) is 0.575. The molecule has 64 valence electrons. The molecule has 0 spiro atoms. The van der Waals surface area contributed by atoms with Crippen LogP contribution in [0, 0.1) is 5.41 Å². The molecule has 1 unspecified atom stereocenters. The lowest BCUT2D eigenvalue weighted by Gasteiger charge is -2.11. The Hall–Kier alpha value is 0.430. The topological polar surface area (TPSA) is 26.3 Å². The second-order valence-corrected chi connectivity index (χ2v) is 6.99. The molecule has 4 heteroatoms. The van der Waals surface area contributed by atoms with Crippen LogP contribution in [-0.2, 0) is 9.53 Å². The zero-order valence-corrected chi connectivity index (χ0v) is 9.66. The second kappa shape index (κ2) is 2.73. The van der Waals surface area contributed by atoms with Gasteiger partial charge in [0, 0.05) is 12.3 Å². The van der Waals surface area contributed by atoms with Crippen LogP contribution in [0.25, 0.3) is 0 Å². The number of hydrogen-bond acceptors (Lipinski definition) is 2. The lowest BCUT2D eigenvalue weighted by atomic mass is 10.2. The van der Waals surface area contributed by atoms with E-state index in [4.69, 9.17) is 4.74 Å². The van der Waals surface area contributed by atoms with Crippen molar-refractivity contribution in [2.45, 2.75) is 23.5 Å². The van der Waals surface area contributed by atoms with Gasteiger partial charge in [-0.3, -0.25) is 4.79 Å². The molecule has 1 fully saturated rings. The standard InChI is InChI=1S/C7H10Br2O2/c1-5(10)11-4-6(2)3-7(6,8)9/h3-4H2,1-2H3. The Bertz CT molecular complexity index is 191. The van der Waals surface area contributed by atoms with E-state index in [1.54, 1.807) is 0 Å². The Balaban J connectivity index is 2.35. The first-order valence-corrected chi connectivity index (χ1v) is 4.97. The van der Waals surface area contributed by atoms with E-state index in [1.807, 2.05) is 0 Å². The monoisotopic (exact) mass is 284 g/mol. The van der Waals surface area contributed by atoms with Gasteiger partial charge in [0.15, 0.2) is 0 Å². The molecule has 0 aliphatic heterocycles. The van der Waals surface area contributed by atoms with Crippen LogP contribution in [0.1, 0.15) is 20.3 Å². The molecule has 0 aromatic rings. The molecule has 1 rings (SSSR count). The average molecular weight is 286 g/mol. The molecule has 0 heterocycles. The molecule has 1 atom stereocenters. The summed E-state index contributed by atoms with van der Waals surface area (Å²) in [6.07, 6.45) is 0.993. The van der Waals surface area contributed by atoms with Gasteiger partial charge in [0.1, 0.15) is 0 Å². The van der Waals surface area contributed by atoms with Crippen molar-refractivity contribution < 1.29 is 9.53 Å². The van der Waals surface area contributed by atoms with Crippen LogP contribution in [0.4, 0.5) is 0 Å². The van der Waals surface area contributed by atoms with E-state index in [9.17, 15) is 4.79 Å². The van der Waals surface area contributed by atoms with E-state index in [2.05, 4.69) is 38.8 Å². The molecular weight excluding hydrogens is 276 g/mol. The van der Waals surface area contributed by atoms with Crippen LogP contribution < -0.4 is 0 Å². The minimum Gasteiger partial charge on any atom is -0.465 e. The Kier molecular flexibility index (Phi) is 2.36. The smallest absolute Gasteiger partial charge is 0.302 e. The number of rotatable bonds is 2. The van der Waals surface area contributed by atoms with Crippen molar-refractivity contribution in [3.8, 4) is 0 Å². The van der Waals surface area contributed by atoms with Crippen molar-refractivity contribution in [2.24, 2.45) is 5.41 Å². The number of carbonyl (C=O) groups is 1. The van der Waals surface area contributed by atoms with Gasteiger partial charge in [-0.15, -0.1) is 0 Å². The number of carbonyl (C=O) groups excluding carboxylic acids is 1. The van der Waals surface area contributed by atoms with Crippen LogP contribution in [-0.4, -0.2) is 15.8 Å². The highest BCUT2D eigenvalue weighted by molar-refractivity contribution is 9.25. The molecule has 1 aliphatic rings. The number of hydrogen-bond donors (Lipinski definition) is 0. The first kappa shape index (κ1) is 9.52. The van der Waals surface area contributed by atoms with Gasteiger partial charge in [-0.2, -0.15) is 0 Å². The lowest BCUT2D eigenvalue weighted by Crippen LogP contribution is -2.14. The number of ether oxygens (including phenoxy) is 1. The van der Waals surface area contributed by atoms with E-state index in [0.29, 0.717) is 6.61 Å². The maximum Gasteiger partial charge on any atom is 0.302 e. The van der Waals surface area contributed by atoms with Crippen molar-refractivity contribution in [3.63, 3.8) is 0 Å². The highest BCUT2D eigenvalue weighted by Crippen LogP contribution is 2.66. The molecule has 0 saturated heterocycles. The first-order chi connectivity index (χ1) is 4.87. The second-order valence-electron chi connectivity index (χ2n) is 3.22. The summed E-state index contributed by atoms with van der Waals surface area (Å²) in [6, 6.07) is 0. The summed E-state index contributed by atoms with van der Waals surface area (Å²) in [5.41, 5.74) is 0.0681. The fourth-order valence-electron chi connectivity index (χ4n) is 0.863. The summed E-state index contributed by atoms with van der Waals surface area (Å²) in [5, 5.41) is 0. The summed E-state index contributed by atoms with van der Waals surface area (Å²) >= 11 is 6.97. The molecule has 0 amide bonds. The van der Waals surface area contributed by atoms with Crippen molar-refractivity contribution in [3.05, 3.63) is 0 Å². The van der Waals surface area contributed by atoms with Gasteiger partial charge in [-0.25, -0.2) is 0 Å². The molecule has 0 N–H and O–H groups in total. The third kappa shape index (κ3) is 1.96. The van der Waals surface area contributed by atoms with Gasteiger partial charge in [0.2, 0.25) is 0 Å². The molecule has 11 heavy (non-hydrogen) atoms. The van der Waals surface area contributed by atoms with E-state index in [1.165, 1.54) is 6.92 Å². The highest BCUT2D eigenvalue weighted by atomic mass is 79.9. The third-order valence-corrected chi connectivity index (χ3v) is 4.44. The van der Waals surface area contributed by atoms with Gasteiger partial charge < -0.3 is 4.74 Å². The van der Waals surface area contributed by atoms with Gasteiger partial charge in [0.25, 0.3) is 0 Å². The van der Waals surface area contributed by atoms with Gasteiger partial charge in [0.05, 0.1) is 9.84 Å². The number of halogens is 2. The fourth-order valence-corrected chi connectivity index (χ4v) is 2.33. The molecule has 1 saturated carbocycles. The van der Waals surface area contributed by atoms with Crippen LogP contribution in [0.2, 0.25) is 0 Å². The van der Waals surface area contributed by atoms with Gasteiger partial charge in [-0.05, 0) is 6.42 Å². The van der Waals surface area contributed by atoms with Crippen molar-refractivity contribution in [1.82, 2.24) is 0 Å². The maximum atomic E-state index is 10.5. The summed E-state index contributed by atoms with van der Waals surface area (Å²) in [7, 11) is 0. The highest BCUT2D eigenvalue weighted by Gasteiger charge is 2.62. The minimum atomic E-state index is -0.214. The normalized spacial score (nSPS) is 33.1. The summed E-state index contributed by atoms with van der Waals surface area (Å²) < 4.78 is 4.89. The predicted molar refractivity (Wildman–Crippen MR) is 49.9 cm³/mol. The summed E-state index contributed by atoms with van der Waals surface area (Å²) in [4.78, 5) is 10.5. The van der Waals surface area contributed by atoms with Crippen LogP contribution >= 0.6 is 31.9 Å². The van der Waals surface area contributed by atoms with Crippen molar-refractivity contribution in [2.75, 3.05) is 6.61 Å². The fraction of sp³-hybridized carbons (Fsp3) is 0.857. The van der Waals surface area contributed by atoms with Gasteiger partial charge >= 0.3 is 5.97 Å². The largest absolute Gasteiger partial charge is 0.465 e. The molecule has 0 aromatic carbocycles. The molecular formula is C7H10Br2O2. The zero-order valence-electron chi connectivity index (χ0n) is 6.49. The molecule has 0 bridgehead atoms. The number of esters is 1. The minimum absolute atomic E-state index is 0.0115. The van der Waals surface area contributed by atoms with E-state index >= 15 is 0 Å². The van der Waals surface area contributed by atoms with E-state index < -0.39 is 0 Å². The summed E-state index contributed by atoms with van der Waals surface area (Å²) in [6.45, 7) is 3.98. The van der Waals surface area contributed by atoms with Crippen LogP contribution in [0.15, 0.2) is 0 Å². The predicted octanol–water partition coefficient (Wildman–Crippen LogP) is 2.45. The lowest BCUT2D eigenvalue weighted by molar-refractivity contribution is -0.142. The molecule has 2 nitrogen and oxygen atoms in total. The Morgan fingerprint density at radius 1 is 1.64 bits per heavy atom. The summed E-state index contributed by atoms with van der Waals surface area (Å²) in [5.74, 6) is -0.214. The van der Waals surface area contributed by atoms with Crippen LogP contribution in [0.3, 0.4) is 0 Å². The van der Waals surface area contributed by atoms with Crippen LogP contribution in [0.5, 0.6) is 0 Å². The molecule has 0 radical (unpaired) electrons. The first-order valence-electron chi connectivity index (χ1n) is 3.39. The third-order valence-electron chi connectivity index (χ3n) is 1.96. The Morgan fingerprint density at radius 3 is 2.36 bits per heavy atom. The van der Waals surface area contributed by atoms with E-state index in [0.717, 1.165) is 6.42 Å². The van der Waals surface area contributed by atoms with Crippen molar-refractivity contribution in [1.29, 1.82) is 0 Å². The molecule has 0 aromatic heterocycles.